The summed E-state index contributed by atoms with van der Waals surface area (Å²) in [6.45, 7) is 0. The van der Waals surface area contributed by atoms with Crippen molar-refractivity contribution < 1.29 is 5.11 Å². The molecule has 1 aliphatic carbocycles. The first kappa shape index (κ1) is 8.36. The van der Waals surface area contributed by atoms with Gasteiger partial charge in [0.05, 0.1) is 6.10 Å². The van der Waals surface area contributed by atoms with Crippen LogP contribution in [0, 0.1) is 18.3 Å². The van der Waals surface area contributed by atoms with Gasteiger partial charge in [0.2, 0.25) is 0 Å². The second-order valence-electron chi connectivity index (χ2n) is 3.04. The van der Waals surface area contributed by atoms with E-state index in [0.29, 0.717) is 5.92 Å². The number of hydrogen-bond donors (Lipinski definition) is 1. The van der Waals surface area contributed by atoms with E-state index in [1.165, 1.54) is 6.42 Å². The molecule has 0 aromatic carbocycles. The highest BCUT2D eigenvalue weighted by Crippen LogP contribution is 2.24. The van der Waals surface area contributed by atoms with Gasteiger partial charge in [-0.1, -0.05) is 24.8 Å². The third kappa shape index (κ3) is 2.40. The Kier molecular flexibility index (Phi) is 3.19. The van der Waals surface area contributed by atoms with Crippen molar-refractivity contribution >= 4 is 0 Å². The largest absolute Gasteiger partial charge is 0.393 e. The second kappa shape index (κ2) is 4.20. The topological polar surface area (TPSA) is 20.2 Å². The lowest BCUT2D eigenvalue weighted by Crippen LogP contribution is -2.22. The first-order valence-corrected chi connectivity index (χ1v) is 4.15. The molecule has 0 bridgehead atoms. The van der Waals surface area contributed by atoms with Gasteiger partial charge in [-0.3, -0.25) is 0 Å². The fourth-order valence-corrected chi connectivity index (χ4v) is 1.54. The molecule has 60 valence electrons. The van der Waals surface area contributed by atoms with Crippen molar-refractivity contribution in [1.29, 1.82) is 0 Å². The first-order chi connectivity index (χ1) is 5.34. The lowest BCUT2D eigenvalue weighted by atomic mass is 9.86. The molecular formula is C10H14O. The van der Waals surface area contributed by atoms with Gasteiger partial charge in [0.1, 0.15) is 0 Å². The Hall–Kier alpha value is -0.740. The highest BCUT2D eigenvalue weighted by molar-refractivity contribution is 5.11. The molecule has 0 radical (unpaired) electrons. The van der Waals surface area contributed by atoms with Crippen molar-refractivity contribution in [2.45, 2.75) is 31.8 Å². The standard InChI is InChI=1S/C10H14O/c1-2-3-6-9-7-4-5-8-10(9)11/h1,3,6,9-11H,4-5,7-8H2. The molecular weight excluding hydrogens is 136 g/mol. The molecule has 0 saturated heterocycles. The lowest BCUT2D eigenvalue weighted by Gasteiger charge is -2.24. The van der Waals surface area contributed by atoms with E-state index in [1.54, 1.807) is 6.08 Å². The predicted octanol–water partition coefficient (Wildman–Crippen LogP) is 1.73. The fraction of sp³-hybridized carbons (Fsp3) is 0.600. The van der Waals surface area contributed by atoms with Crippen LogP contribution in [0.5, 0.6) is 0 Å². The number of terminal acetylenes is 1. The predicted molar refractivity (Wildman–Crippen MR) is 45.9 cm³/mol. The summed E-state index contributed by atoms with van der Waals surface area (Å²) >= 11 is 0. The molecule has 1 heteroatoms. The Labute approximate surface area is 68.1 Å². The summed E-state index contributed by atoms with van der Waals surface area (Å²) in [5, 5.41) is 9.48. The zero-order valence-electron chi connectivity index (χ0n) is 6.66. The van der Waals surface area contributed by atoms with Crippen LogP contribution >= 0.6 is 0 Å². The maximum absolute atomic E-state index is 9.48. The minimum atomic E-state index is -0.159. The first-order valence-electron chi connectivity index (χ1n) is 4.15. The van der Waals surface area contributed by atoms with Gasteiger partial charge >= 0.3 is 0 Å². The Morgan fingerprint density at radius 3 is 2.73 bits per heavy atom. The van der Waals surface area contributed by atoms with Crippen LogP contribution in [0.15, 0.2) is 12.2 Å². The van der Waals surface area contributed by atoms with Crippen molar-refractivity contribution in [3.8, 4) is 12.3 Å². The molecule has 1 aliphatic rings. The molecule has 0 aromatic rings. The molecule has 0 heterocycles. The molecule has 2 atom stereocenters. The van der Waals surface area contributed by atoms with Crippen molar-refractivity contribution in [2.24, 2.45) is 5.92 Å². The molecule has 0 amide bonds. The van der Waals surface area contributed by atoms with E-state index < -0.39 is 0 Å². The van der Waals surface area contributed by atoms with Crippen LogP contribution in [-0.2, 0) is 0 Å². The highest BCUT2D eigenvalue weighted by atomic mass is 16.3. The zero-order chi connectivity index (χ0) is 8.10. The summed E-state index contributed by atoms with van der Waals surface area (Å²) in [6, 6.07) is 0. The number of rotatable bonds is 1. The van der Waals surface area contributed by atoms with E-state index in [1.807, 2.05) is 6.08 Å². The Bertz CT molecular complexity index is 176. The van der Waals surface area contributed by atoms with Crippen LogP contribution in [0.1, 0.15) is 25.7 Å². The van der Waals surface area contributed by atoms with Crippen molar-refractivity contribution in [3.63, 3.8) is 0 Å². The number of aliphatic hydroxyl groups is 1. The molecule has 0 aliphatic heterocycles. The lowest BCUT2D eigenvalue weighted by molar-refractivity contribution is 0.0928. The van der Waals surface area contributed by atoms with Crippen LogP contribution in [-0.4, -0.2) is 11.2 Å². The molecule has 1 saturated carbocycles. The van der Waals surface area contributed by atoms with E-state index >= 15 is 0 Å². The molecule has 1 fully saturated rings. The van der Waals surface area contributed by atoms with E-state index in [0.717, 1.165) is 19.3 Å². The van der Waals surface area contributed by atoms with Crippen LogP contribution in [0.4, 0.5) is 0 Å². The molecule has 0 spiro atoms. The smallest absolute Gasteiger partial charge is 0.0603 e. The summed E-state index contributed by atoms with van der Waals surface area (Å²) in [4.78, 5) is 0. The van der Waals surface area contributed by atoms with Gasteiger partial charge in [0.25, 0.3) is 0 Å². The maximum atomic E-state index is 9.48. The van der Waals surface area contributed by atoms with Gasteiger partial charge < -0.3 is 5.11 Å². The number of hydrogen-bond acceptors (Lipinski definition) is 1. The highest BCUT2D eigenvalue weighted by Gasteiger charge is 2.19. The zero-order valence-corrected chi connectivity index (χ0v) is 6.66. The summed E-state index contributed by atoms with van der Waals surface area (Å²) in [5.74, 6) is 2.75. The number of aliphatic hydroxyl groups excluding tert-OH is 1. The average Bonchev–Trinajstić information content (AvgIpc) is 2.03. The molecule has 1 nitrogen and oxygen atoms in total. The van der Waals surface area contributed by atoms with Crippen molar-refractivity contribution in [2.75, 3.05) is 0 Å². The van der Waals surface area contributed by atoms with Crippen LogP contribution in [0.3, 0.4) is 0 Å². The van der Waals surface area contributed by atoms with Gasteiger partial charge in [0, 0.05) is 5.92 Å². The third-order valence-corrected chi connectivity index (χ3v) is 2.22. The molecule has 0 aromatic heterocycles. The van der Waals surface area contributed by atoms with Crippen molar-refractivity contribution in [3.05, 3.63) is 12.2 Å². The molecule has 1 N–H and O–H groups in total. The van der Waals surface area contributed by atoms with E-state index in [4.69, 9.17) is 6.42 Å². The van der Waals surface area contributed by atoms with Gasteiger partial charge in [-0.25, -0.2) is 0 Å². The Morgan fingerprint density at radius 2 is 2.09 bits per heavy atom. The van der Waals surface area contributed by atoms with E-state index in [9.17, 15) is 5.11 Å². The monoisotopic (exact) mass is 150 g/mol. The van der Waals surface area contributed by atoms with Crippen LogP contribution < -0.4 is 0 Å². The maximum Gasteiger partial charge on any atom is 0.0603 e. The minimum absolute atomic E-state index is 0.159. The fourth-order valence-electron chi connectivity index (χ4n) is 1.54. The molecule has 1 rings (SSSR count). The summed E-state index contributed by atoms with van der Waals surface area (Å²) in [5.41, 5.74) is 0. The SMILES string of the molecule is C#CC=CC1CCCCC1O. The van der Waals surface area contributed by atoms with Gasteiger partial charge in [-0.15, -0.1) is 6.42 Å². The van der Waals surface area contributed by atoms with Gasteiger partial charge in [0.15, 0.2) is 0 Å². The minimum Gasteiger partial charge on any atom is -0.393 e. The van der Waals surface area contributed by atoms with Gasteiger partial charge in [-0.2, -0.15) is 0 Å². The summed E-state index contributed by atoms with van der Waals surface area (Å²) in [7, 11) is 0. The van der Waals surface area contributed by atoms with Crippen LogP contribution in [0.2, 0.25) is 0 Å². The van der Waals surface area contributed by atoms with Crippen LogP contribution in [0.25, 0.3) is 0 Å². The van der Waals surface area contributed by atoms with E-state index in [2.05, 4.69) is 5.92 Å². The van der Waals surface area contributed by atoms with Crippen molar-refractivity contribution in [1.82, 2.24) is 0 Å². The number of allylic oxidation sites excluding steroid dienone is 1. The van der Waals surface area contributed by atoms with E-state index in [-0.39, 0.29) is 6.10 Å². The summed E-state index contributed by atoms with van der Waals surface area (Å²) < 4.78 is 0. The normalized spacial score (nSPS) is 32.0. The molecule has 2 unspecified atom stereocenters. The Balaban J connectivity index is 2.43. The quantitative estimate of drug-likeness (QED) is 0.564. The Morgan fingerprint density at radius 1 is 1.36 bits per heavy atom. The van der Waals surface area contributed by atoms with Gasteiger partial charge in [-0.05, 0) is 18.9 Å². The molecule has 11 heavy (non-hydrogen) atoms. The average molecular weight is 150 g/mol. The summed E-state index contributed by atoms with van der Waals surface area (Å²) in [6.07, 6.45) is 12.9. The second-order valence-corrected chi connectivity index (χ2v) is 3.04. The third-order valence-electron chi connectivity index (χ3n) is 2.22.